The number of para-hydroxylation sites is 1. The second-order valence-electron chi connectivity index (χ2n) is 8.99. The first-order chi connectivity index (χ1) is 16.2. The van der Waals surface area contributed by atoms with Crippen molar-refractivity contribution in [2.24, 2.45) is 5.92 Å². The molecule has 2 aromatic carbocycles. The topological polar surface area (TPSA) is 89.6 Å². The number of piperidine rings is 1. The molecule has 5 rings (SSSR count). The fourth-order valence-electron chi connectivity index (χ4n) is 4.46. The first-order valence-corrected chi connectivity index (χ1v) is 11.8. The summed E-state index contributed by atoms with van der Waals surface area (Å²) in [6.45, 7) is 2.95. The average molecular weight is 482 g/mol. The lowest BCUT2D eigenvalue weighted by Crippen LogP contribution is -2.27. The van der Waals surface area contributed by atoms with Gasteiger partial charge in [-0.15, -0.1) is 12.4 Å². The lowest BCUT2D eigenvalue weighted by atomic mass is 9.86. The molecule has 0 atom stereocenters. The standard InChI is InChI=1S/C27H31N3O3.ClH/c28-27-22(17-32-20-5-2-1-3-6-20)21(19-11-13-29-14-12-19)15-23(30-27)26-24(31)7-4-8-25(26)33-16-18-9-10-18;/h1-8,15,18-19,29,31H,9-14,16-17H2,(H2,28,30);1H. The maximum absolute atomic E-state index is 10.7. The van der Waals surface area contributed by atoms with E-state index in [0.29, 0.717) is 47.9 Å². The zero-order valence-corrected chi connectivity index (χ0v) is 20.0. The van der Waals surface area contributed by atoms with Crippen LogP contribution in [-0.2, 0) is 6.61 Å². The number of benzene rings is 2. The van der Waals surface area contributed by atoms with Crippen LogP contribution in [0.15, 0.2) is 54.6 Å². The number of nitrogen functional groups attached to an aromatic ring is 1. The second kappa shape index (κ2) is 11.0. The van der Waals surface area contributed by atoms with Crippen LogP contribution in [-0.4, -0.2) is 29.8 Å². The molecule has 0 bridgehead atoms. The Labute approximate surface area is 206 Å². The monoisotopic (exact) mass is 481 g/mol. The van der Waals surface area contributed by atoms with Crippen molar-refractivity contribution in [2.45, 2.75) is 38.2 Å². The van der Waals surface area contributed by atoms with Crippen molar-refractivity contribution in [3.63, 3.8) is 0 Å². The van der Waals surface area contributed by atoms with Gasteiger partial charge in [0.25, 0.3) is 0 Å². The largest absolute Gasteiger partial charge is 0.507 e. The summed E-state index contributed by atoms with van der Waals surface area (Å²) >= 11 is 0. The fraction of sp³-hybridized carbons (Fsp3) is 0.370. The van der Waals surface area contributed by atoms with Crippen molar-refractivity contribution >= 4 is 18.2 Å². The van der Waals surface area contributed by atoms with E-state index >= 15 is 0 Å². The quantitative estimate of drug-likeness (QED) is 0.405. The molecule has 180 valence electrons. The Morgan fingerprint density at radius 3 is 2.47 bits per heavy atom. The summed E-state index contributed by atoms with van der Waals surface area (Å²) in [5.41, 5.74) is 9.85. The Hall–Kier alpha value is -2.96. The Morgan fingerprint density at radius 2 is 1.74 bits per heavy atom. The number of hydrogen-bond donors (Lipinski definition) is 3. The number of ether oxygens (including phenoxy) is 2. The van der Waals surface area contributed by atoms with Crippen molar-refractivity contribution in [3.8, 4) is 28.5 Å². The van der Waals surface area contributed by atoms with Gasteiger partial charge in [-0.25, -0.2) is 4.98 Å². The summed E-state index contributed by atoms with van der Waals surface area (Å²) in [6, 6.07) is 17.2. The van der Waals surface area contributed by atoms with Gasteiger partial charge < -0.3 is 25.6 Å². The zero-order chi connectivity index (χ0) is 22.6. The Kier molecular flexibility index (Phi) is 7.80. The Balaban J connectivity index is 0.00000274. The zero-order valence-electron chi connectivity index (χ0n) is 19.2. The van der Waals surface area contributed by atoms with E-state index in [1.54, 1.807) is 12.1 Å². The predicted molar refractivity (Wildman–Crippen MR) is 137 cm³/mol. The molecule has 2 heterocycles. The summed E-state index contributed by atoms with van der Waals surface area (Å²) in [6.07, 6.45) is 4.45. The molecule has 4 N–H and O–H groups in total. The van der Waals surface area contributed by atoms with Gasteiger partial charge in [-0.1, -0.05) is 24.3 Å². The SMILES string of the molecule is Cl.Nc1nc(-c2c(O)cccc2OCC2CC2)cc(C2CCNCC2)c1COc1ccccc1. The highest BCUT2D eigenvalue weighted by atomic mass is 35.5. The molecule has 1 aliphatic heterocycles. The smallest absolute Gasteiger partial charge is 0.132 e. The molecule has 0 radical (unpaired) electrons. The van der Waals surface area contributed by atoms with E-state index in [-0.39, 0.29) is 18.2 Å². The van der Waals surface area contributed by atoms with Crippen molar-refractivity contribution in [2.75, 3.05) is 25.4 Å². The summed E-state index contributed by atoms with van der Waals surface area (Å²) in [4.78, 5) is 4.72. The lowest BCUT2D eigenvalue weighted by Gasteiger charge is -2.26. The summed E-state index contributed by atoms with van der Waals surface area (Å²) in [5.74, 6) is 3.01. The van der Waals surface area contributed by atoms with Gasteiger partial charge >= 0.3 is 0 Å². The van der Waals surface area contributed by atoms with Gasteiger partial charge in [0.15, 0.2) is 0 Å². The third-order valence-corrected chi connectivity index (χ3v) is 6.53. The fourth-order valence-corrected chi connectivity index (χ4v) is 4.46. The molecule has 2 fully saturated rings. The van der Waals surface area contributed by atoms with E-state index < -0.39 is 0 Å². The third-order valence-electron chi connectivity index (χ3n) is 6.53. The van der Waals surface area contributed by atoms with Crippen LogP contribution < -0.4 is 20.5 Å². The maximum atomic E-state index is 10.7. The van der Waals surface area contributed by atoms with Crippen LogP contribution in [0.4, 0.5) is 5.82 Å². The van der Waals surface area contributed by atoms with Crippen LogP contribution in [0.5, 0.6) is 17.2 Å². The van der Waals surface area contributed by atoms with Crippen molar-refractivity contribution in [1.82, 2.24) is 10.3 Å². The van der Waals surface area contributed by atoms with Crippen LogP contribution in [0.3, 0.4) is 0 Å². The van der Waals surface area contributed by atoms with Gasteiger partial charge in [-0.3, -0.25) is 0 Å². The Bertz CT molecular complexity index is 1100. The number of halogens is 1. The molecule has 1 aliphatic carbocycles. The van der Waals surface area contributed by atoms with Gasteiger partial charge in [0.1, 0.15) is 29.7 Å². The number of anilines is 1. The van der Waals surface area contributed by atoms with Crippen LogP contribution in [0.2, 0.25) is 0 Å². The number of pyridine rings is 1. The van der Waals surface area contributed by atoms with Crippen molar-refractivity contribution < 1.29 is 14.6 Å². The highest BCUT2D eigenvalue weighted by Crippen LogP contribution is 2.41. The molecule has 3 aromatic rings. The minimum Gasteiger partial charge on any atom is -0.507 e. The van der Waals surface area contributed by atoms with E-state index in [2.05, 4.69) is 11.4 Å². The van der Waals surface area contributed by atoms with Crippen molar-refractivity contribution in [3.05, 3.63) is 65.7 Å². The average Bonchev–Trinajstić information content (AvgIpc) is 3.67. The molecular weight excluding hydrogens is 450 g/mol. The highest BCUT2D eigenvalue weighted by molar-refractivity contribution is 5.85. The normalized spacial score (nSPS) is 16.0. The van der Waals surface area contributed by atoms with Crippen molar-refractivity contribution in [1.29, 1.82) is 0 Å². The van der Waals surface area contributed by atoms with E-state index in [1.807, 2.05) is 36.4 Å². The minimum atomic E-state index is 0. The number of phenols is 1. The van der Waals surface area contributed by atoms with Gasteiger partial charge in [0, 0.05) is 5.56 Å². The second-order valence-corrected chi connectivity index (χ2v) is 8.99. The molecule has 6 nitrogen and oxygen atoms in total. The minimum absolute atomic E-state index is 0. The molecule has 1 saturated heterocycles. The molecule has 1 aromatic heterocycles. The van der Waals surface area contributed by atoms with Crippen LogP contribution in [0, 0.1) is 5.92 Å². The maximum Gasteiger partial charge on any atom is 0.132 e. The molecule has 0 unspecified atom stereocenters. The Morgan fingerprint density at radius 1 is 0.971 bits per heavy atom. The molecule has 7 heteroatoms. The molecule has 0 amide bonds. The summed E-state index contributed by atoms with van der Waals surface area (Å²) in [5, 5.41) is 14.2. The molecular formula is C27H32ClN3O3. The number of hydrogen-bond acceptors (Lipinski definition) is 6. The van der Waals surface area contributed by atoms with E-state index in [1.165, 1.54) is 12.8 Å². The summed E-state index contributed by atoms with van der Waals surface area (Å²) in [7, 11) is 0. The summed E-state index contributed by atoms with van der Waals surface area (Å²) < 4.78 is 12.1. The van der Waals surface area contributed by atoms with Gasteiger partial charge in [0.2, 0.25) is 0 Å². The molecule has 34 heavy (non-hydrogen) atoms. The van der Waals surface area contributed by atoms with Crippen LogP contribution in [0.1, 0.15) is 42.7 Å². The number of nitrogens with two attached hydrogens (primary N) is 1. The number of nitrogens with zero attached hydrogens (tertiary/aromatic N) is 1. The first kappa shape index (κ1) is 24.2. The van der Waals surface area contributed by atoms with E-state index in [0.717, 1.165) is 42.8 Å². The molecule has 2 aliphatic rings. The van der Waals surface area contributed by atoms with E-state index in [4.69, 9.17) is 20.2 Å². The molecule has 1 saturated carbocycles. The lowest BCUT2D eigenvalue weighted by molar-refractivity contribution is 0.299. The van der Waals surface area contributed by atoms with Crippen LogP contribution >= 0.6 is 12.4 Å². The van der Waals surface area contributed by atoms with Gasteiger partial charge in [0.05, 0.1) is 17.9 Å². The number of aromatic hydroxyl groups is 1. The molecule has 0 spiro atoms. The number of nitrogens with one attached hydrogen (secondary N) is 1. The van der Waals surface area contributed by atoms with Gasteiger partial charge in [-0.05, 0) is 86.5 Å². The first-order valence-electron chi connectivity index (χ1n) is 11.8. The number of aromatic nitrogens is 1. The number of phenolic OH excluding ortho intramolecular Hbond substituents is 1. The highest BCUT2D eigenvalue weighted by Gasteiger charge is 2.26. The van der Waals surface area contributed by atoms with Gasteiger partial charge in [-0.2, -0.15) is 0 Å². The van der Waals surface area contributed by atoms with E-state index in [9.17, 15) is 5.11 Å². The van der Waals surface area contributed by atoms with Crippen LogP contribution in [0.25, 0.3) is 11.3 Å². The predicted octanol–water partition coefficient (Wildman–Crippen LogP) is 5.29. The number of rotatable bonds is 8. The third kappa shape index (κ3) is 5.57.